The molecule has 1 amide bonds. The van der Waals surface area contributed by atoms with Crippen LogP contribution in [0.3, 0.4) is 0 Å². The first kappa shape index (κ1) is 17.9. The van der Waals surface area contributed by atoms with Gasteiger partial charge in [-0.3, -0.25) is 4.79 Å². The molecule has 1 saturated heterocycles. The summed E-state index contributed by atoms with van der Waals surface area (Å²) in [4.78, 5) is 16.6. The summed E-state index contributed by atoms with van der Waals surface area (Å²) >= 11 is 1.63. The van der Waals surface area contributed by atoms with E-state index in [0.717, 1.165) is 29.2 Å². The van der Waals surface area contributed by atoms with Crippen LogP contribution >= 0.6 is 23.7 Å². The zero-order valence-electron chi connectivity index (χ0n) is 12.7. The first-order chi connectivity index (χ1) is 10.8. The zero-order chi connectivity index (χ0) is 15.2. The Balaban J connectivity index is 0.00000192. The maximum atomic E-state index is 11.9. The highest BCUT2D eigenvalue weighted by atomic mass is 35.5. The molecule has 1 unspecified atom stereocenters. The van der Waals surface area contributed by atoms with Crippen molar-refractivity contribution in [2.45, 2.75) is 12.5 Å². The molecule has 1 atom stereocenters. The van der Waals surface area contributed by atoms with Crippen LogP contribution in [0.2, 0.25) is 0 Å². The predicted molar refractivity (Wildman–Crippen MR) is 94.1 cm³/mol. The number of carbonyl (C=O) groups excluding carboxylic acids is 1. The van der Waals surface area contributed by atoms with Crippen LogP contribution in [0.15, 0.2) is 35.7 Å². The van der Waals surface area contributed by atoms with Crippen molar-refractivity contribution < 1.29 is 9.53 Å². The summed E-state index contributed by atoms with van der Waals surface area (Å²) in [5.41, 5.74) is 2.14. The van der Waals surface area contributed by atoms with Crippen molar-refractivity contribution in [1.82, 2.24) is 15.6 Å². The van der Waals surface area contributed by atoms with Crippen LogP contribution in [0, 0.1) is 0 Å². The molecular weight excluding hydrogens is 334 g/mol. The van der Waals surface area contributed by atoms with Gasteiger partial charge in [-0.15, -0.1) is 23.7 Å². The van der Waals surface area contributed by atoms with E-state index in [1.807, 2.05) is 18.2 Å². The highest BCUT2D eigenvalue weighted by Crippen LogP contribution is 2.23. The summed E-state index contributed by atoms with van der Waals surface area (Å²) < 4.78 is 5.29. The van der Waals surface area contributed by atoms with Gasteiger partial charge in [0.2, 0.25) is 5.91 Å². The number of morpholine rings is 1. The van der Waals surface area contributed by atoms with E-state index in [9.17, 15) is 4.79 Å². The number of halogens is 1. The second kappa shape index (κ2) is 8.98. The number of nitrogens with zero attached hydrogens (tertiary/aromatic N) is 1. The van der Waals surface area contributed by atoms with Gasteiger partial charge in [0.05, 0.1) is 18.9 Å². The highest BCUT2D eigenvalue weighted by Gasteiger charge is 2.20. The lowest BCUT2D eigenvalue weighted by Gasteiger charge is -2.22. The molecule has 3 rings (SSSR count). The molecule has 0 aliphatic carbocycles. The average molecular weight is 354 g/mol. The van der Waals surface area contributed by atoms with Gasteiger partial charge in [-0.1, -0.05) is 30.3 Å². The van der Waals surface area contributed by atoms with Crippen molar-refractivity contribution in [3.63, 3.8) is 0 Å². The summed E-state index contributed by atoms with van der Waals surface area (Å²) in [6, 6.07) is 9.89. The number of hydrogen-bond acceptors (Lipinski definition) is 5. The third kappa shape index (κ3) is 5.00. The minimum atomic E-state index is -0.232. The van der Waals surface area contributed by atoms with E-state index in [4.69, 9.17) is 4.74 Å². The lowest BCUT2D eigenvalue weighted by atomic mass is 10.2. The Morgan fingerprint density at radius 1 is 1.39 bits per heavy atom. The number of amides is 1. The Bertz CT molecular complexity index is 615. The van der Waals surface area contributed by atoms with Gasteiger partial charge in [0.15, 0.2) is 0 Å². The van der Waals surface area contributed by atoms with Crippen molar-refractivity contribution >= 4 is 29.7 Å². The van der Waals surface area contributed by atoms with Crippen LogP contribution < -0.4 is 10.6 Å². The number of benzene rings is 1. The van der Waals surface area contributed by atoms with Crippen molar-refractivity contribution in [3.05, 3.63) is 41.4 Å². The predicted octanol–water partition coefficient (Wildman–Crippen LogP) is 1.88. The maximum absolute atomic E-state index is 11.9. The fourth-order valence-corrected chi connectivity index (χ4v) is 3.17. The van der Waals surface area contributed by atoms with Gasteiger partial charge < -0.3 is 15.4 Å². The summed E-state index contributed by atoms with van der Waals surface area (Å²) in [6.07, 6.45) is 0.739. The van der Waals surface area contributed by atoms with Gasteiger partial charge in [-0.25, -0.2) is 4.98 Å². The van der Waals surface area contributed by atoms with E-state index in [1.54, 1.807) is 11.3 Å². The van der Waals surface area contributed by atoms with Gasteiger partial charge in [0.25, 0.3) is 0 Å². The summed E-state index contributed by atoms with van der Waals surface area (Å²) in [5.74, 6) is -0.00166. The molecule has 23 heavy (non-hydrogen) atoms. The molecule has 0 saturated carbocycles. The van der Waals surface area contributed by atoms with Crippen LogP contribution in [0.25, 0.3) is 10.6 Å². The number of thiazole rings is 1. The van der Waals surface area contributed by atoms with Gasteiger partial charge in [0.1, 0.15) is 11.0 Å². The van der Waals surface area contributed by atoms with E-state index < -0.39 is 0 Å². The number of nitrogens with one attached hydrogen (secondary N) is 2. The van der Waals surface area contributed by atoms with Gasteiger partial charge in [0, 0.05) is 30.5 Å². The molecular formula is C16H20ClN3O2S. The standard InChI is InChI=1S/C16H19N3O2S.ClH/c20-15(14-10-21-9-8-17-14)18-7-6-13-11-22-16(19-13)12-4-2-1-3-5-12;/h1-5,11,14,17H,6-10H2,(H,18,20);1H. The number of carbonyl (C=O) groups is 1. The van der Waals surface area contributed by atoms with Crippen molar-refractivity contribution in [2.75, 3.05) is 26.3 Å². The highest BCUT2D eigenvalue weighted by molar-refractivity contribution is 7.13. The third-order valence-corrected chi connectivity index (χ3v) is 4.43. The van der Waals surface area contributed by atoms with Crippen molar-refractivity contribution in [1.29, 1.82) is 0 Å². The van der Waals surface area contributed by atoms with Crippen LogP contribution in [0.5, 0.6) is 0 Å². The minimum absolute atomic E-state index is 0. The normalized spacial score (nSPS) is 17.3. The molecule has 7 heteroatoms. The quantitative estimate of drug-likeness (QED) is 0.861. The number of ether oxygens (including phenoxy) is 1. The van der Waals surface area contributed by atoms with E-state index in [-0.39, 0.29) is 24.4 Å². The lowest BCUT2D eigenvalue weighted by Crippen LogP contribution is -2.51. The SMILES string of the molecule is Cl.O=C(NCCc1csc(-c2ccccc2)n1)C1COCCN1. The number of hydrogen-bond donors (Lipinski definition) is 2. The van der Waals surface area contributed by atoms with E-state index in [2.05, 4.69) is 33.1 Å². The molecule has 2 heterocycles. The Hall–Kier alpha value is -1.47. The maximum Gasteiger partial charge on any atom is 0.239 e. The molecule has 2 N–H and O–H groups in total. The van der Waals surface area contributed by atoms with Crippen LogP contribution in [-0.4, -0.2) is 43.2 Å². The van der Waals surface area contributed by atoms with Gasteiger partial charge >= 0.3 is 0 Å². The van der Waals surface area contributed by atoms with Crippen molar-refractivity contribution in [3.8, 4) is 10.6 Å². The number of aromatic nitrogens is 1. The molecule has 124 valence electrons. The molecule has 1 fully saturated rings. The molecule has 5 nitrogen and oxygen atoms in total. The first-order valence-electron chi connectivity index (χ1n) is 7.41. The Labute approximate surface area is 145 Å². The molecule has 0 bridgehead atoms. The molecule has 1 aliphatic rings. The van der Waals surface area contributed by atoms with Gasteiger partial charge in [-0.2, -0.15) is 0 Å². The second-order valence-electron chi connectivity index (χ2n) is 5.13. The van der Waals surface area contributed by atoms with Gasteiger partial charge in [-0.05, 0) is 0 Å². The molecule has 0 radical (unpaired) electrons. The van der Waals surface area contributed by atoms with Crippen LogP contribution in [0.1, 0.15) is 5.69 Å². The molecule has 1 aromatic heterocycles. The summed E-state index contributed by atoms with van der Waals surface area (Å²) in [6.45, 7) is 2.44. The molecule has 0 spiro atoms. The van der Waals surface area contributed by atoms with E-state index in [1.165, 1.54) is 0 Å². The van der Waals surface area contributed by atoms with E-state index in [0.29, 0.717) is 19.8 Å². The molecule has 1 aliphatic heterocycles. The fraction of sp³-hybridized carbons (Fsp3) is 0.375. The van der Waals surface area contributed by atoms with Crippen LogP contribution in [0.4, 0.5) is 0 Å². The zero-order valence-corrected chi connectivity index (χ0v) is 14.3. The number of rotatable bonds is 5. The fourth-order valence-electron chi connectivity index (χ4n) is 2.31. The Morgan fingerprint density at radius 2 is 2.22 bits per heavy atom. The Morgan fingerprint density at radius 3 is 2.96 bits per heavy atom. The third-order valence-electron chi connectivity index (χ3n) is 3.49. The van der Waals surface area contributed by atoms with Crippen LogP contribution in [-0.2, 0) is 16.0 Å². The summed E-state index contributed by atoms with van der Waals surface area (Å²) in [7, 11) is 0. The lowest BCUT2D eigenvalue weighted by molar-refractivity contribution is -0.125. The topological polar surface area (TPSA) is 63.2 Å². The largest absolute Gasteiger partial charge is 0.378 e. The van der Waals surface area contributed by atoms with E-state index >= 15 is 0 Å². The average Bonchev–Trinajstić information content (AvgIpc) is 3.05. The second-order valence-corrected chi connectivity index (χ2v) is 5.99. The molecule has 1 aromatic carbocycles. The molecule has 2 aromatic rings. The first-order valence-corrected chi connectivity index (χ1v) is 8.29. The Kier molecular flexibility index (Phi) is 6.98. The minimum Gasteiger partial charge on any atom is -0.378 e. The summed E-state index contributed by atoms with van der Waals surface area (Å²) in [5, 5.41) is 9.15. The smallest absolute Gasteiger partial charge is 0.239 e. The van der Waals surface area contributed by atoms with Crippen molar-refractivity contribution in [2.24, 2.45) is 0 Å². The monoisotopic (exact) mass is 353 g/mol.